The summed E-state index contributed by atoms with van der Waals surface area (Å²) in [5, 5.41) is 5.96. The largest absolute Gasteiger partial charge is 0.345 e. The molecule has 0 spiro atoms. The van der Waals surface area contributed by atoms with Crippen molar-refractivity contribution < 1.29 is 14.4 Å². The first-order chi connectivity index (χ1) is 15.3. The lowest BCUT2D eigenvalue weighted by atomic mass is 9.97. The number of piperidine rings is 1. The number of anilines is 1. The molecular formula is C25H32N4O3. The lowest BCUT2D eigenvalue weighted by Gasteiger charge is -2.33. The third-order valence-electron chi connectivity index (χ3n) is 5.76. The van der Waals surface area contributed by atoms with Crippen LogP contribution in [0.4, 0.5) is 5.69 Å². The summed E-state index contributed by atoms with van der Waals surface area (Å²) >= 11 is 0. The van der Waals surface area contributed by atoms with Crippen LogP contribution in [0, 0.1) is 5.92 Å². The van der Waals surface area contributed by atoms with Crippen molar-refractivity contribution in [2.45, 2.75) is 25.8 Å². The molecule has 7 nitrogen and oxygen atoms in total. The fourth-order valence-corrected chi connectivity index (χ4v) is 3.76. The molecule has 0 aromatic heterocycles. The Hall–Kier alpha value is -3.19. The van der Waals surface area contributed by atoms with Crippen LogP contribution in [0.1, 0.15) is 41.7 Å². The molecule has 1 atom stereocenters. The van der Waals surface area contributed by atoms with Crippen molar-refractivity contribution in [2.75, 3.05) is 39.0 Å². The molecule has 2 aromatic rings. The molecule has 0 radical (unpaired) electrons. The van der Waals surface area contributed by atoms with E-state index in [9.17, 15) is 14.4 Å². The molecule has 3 amide bonds. The minimum Gasteiger partial charge on any atom is -0.345 e. The summed E-state index contributed by atoms with van der Waals surface area (Å²) in [4.78, 5) is 41.2. The second-order valence-electron chi connectivity index (χ2n) is 8.56. The van der Waals surface area contributed by atoms with Crippen molar-refractivity contribution in [2.24, 2.45) is 5.92 Å². The average molecular weight is 437 g/mol. The van der Waals surface area contributed by atoms with Gasteiger partial charge in [-0.05, 0) is 48.6 Å². The molecular weight excluding hydrogens is 404 g/mol. The van der Waals surface area contributed by atoms with Gasteiger partial charge in [-0.2, -0.15) is 0 Å². The highest BCUT2D eigenvalue weighted by Crippen LogP contribution is 2.21. The first-order valence-electron chi connectivity index (χ1n) is 11.0. The molecule has 2 aromatic carbocycles. The van der Waals surface area contributed by atoms with Gasteiger partial charge in [-0.3, -0.25) is 19.7 Å². The van der Waals surface area contributed by atoms with Crippen molar-refractivity contribution in [3.05, 3.63) is 65.7 Å². The number of carbonyl (C=O) groups excluding carboxylic acids is 3. The van der Waals surface area contributed by atoms with Gasteiger partial charge < -0.3 is 15.1 Å². The number of carbonyl (C=O) groups is 3. The van der Waals surface area contributed by atoms with Crippen LogP contribution < -0.4 is 10.6 Å². The van der Waals surface area contributed by atoms with Gasteiger partial charge >= 0.3 is 0 Å². The zero-order valence-electron chi connectivity index (χ0n) is 19.0. The molecule has 170 valence electrons. The number of rotatable bonds is 7. The number of benzene rings is 2. The highest BCUT2D eigenvalue weighted by molar-refractivity contribution is 5.96. The van der Waals surface area contributed by atoms with Crippen molar-refractivity contribution in [1.29, 1.82) is 0 Å². The van der Waals surface area contributed by atoms with Crippen molar-refractivity contribution in [1.82, 2.24) is 15.1 Å². The van der Waals surface area contributed by atoms with Crippen LogP contribution in [0.5, 0.6) is 0 Å². The van der Waals surface area contributed by atoms with E-state index in [0.717, 1.165) is 31.5 Å². The van der Waals surface area contributed by atoms with Gasteiger partial charge in [0.15, 0.2) is 0 Å². The van der Waals surface area contributed by atoms with E-state index in [-0.39, 0.29) is 24.3 Å². The third kappa shape index (κ3) is 6.17. The molecule has 2 N–H and O–H groups in total. The molecule has 1 aliphatic rings. The van der Waals surface area contributed by atoms with Crippen molar-refractivity contribution in [3.63, 3.8) is 0 Å². The smallest absolute Gasteiger partial charge is 0.253 e. The molecule has 3 rings (SSSR count). The molecule has 0 saturated carbocycles. The molecule has 1 aliphatic heterocycles. The molecule has 32 heavy (non-hydrogen) atoms. The Labute approximate surface area is 189 Å². The fourth-order valence-electron chi connectivity index (χ4n) is 3.76. The normalized spacial score (nSPS) is 15.2. The summed E-state index contributed by atoms with van der Waals surface area (Å²) in [6, 6.07) is 15.7. The number of hydrogen-bond donors (Lipinski definition) is 2. The summed E-state index contributed by atoms with van der Waals surface area (Å²) in [5.74, 6) is 0.286. The monoisotopic (exact) mass is 436 g/mol. The molecule has 7 heteroatoms. The summed E-state index contributed by atoms with van der Waals surface area (Å²) in [7, 11) is 3.39. The Balaban J connectivity index is 1.62. The van der Waals surface area contributed by atoms with Gasteiger partial charge in [0.05, 0.1) is 6.54 Å². The fraction of sp³-hybridized carbons (Fsp3) is 0.400. The number of nitrogens with zero attached hydrogens (tertiary/aromatic N) is 2. The summed E-state index contributed by atoms with van der Waals surface area (Å²) in [5.41, 5.74) is 1.99. The predicted molar refractivity (Wildman–Crippen MR) is 125 cm³/mol. The Kier molecular flexibility index (Phi) is 8.00. The Morgan fingerprint density at radius 3 is 2.22 bits per heavy atom. The maximum absolute atomic E-state index is 13.2. The maximum Gasteiger partial charge on any atom is 0.253 e. The predicted octanol–water partition coefficient (Wildman–Crippen LogP) is 2.92. The maximum atomic E-state index is 13.2. The van der Waals surface area contributed by atoms with E-state index in [2.05, 4.69) is 17.6 Å². The van der Waals surface area contributed by atoms with Crippen LogP contribution in [-0.2, 0) is 9.59 Å². The highest BCUT2D eigenvalue weighted by Gasteiger charge is 2.28. The van der Waals surface area contributed by atoms with Crippen LogP contribution in [0.2, 0.25) is 0 Å². The standard InChI is InChI=1S/C25H32N4O3/c1-18-13-15-29(16-14-18)25(32)23(19-7-5-4-6-8-19)26-17-22(30)27-21-11-9-20(10-12-21)24(31)28(2)3/h4-12,18,23,26H,13-17H2,1-3H3,(H,27,30). The average Bonchev–Trinajstić information content (AvgIpc) is 2.80. The molecule has 1 heterocycles. The van der Waals surface area contributed by atoms with E-state index in [0.29, 0.717) is 17.2 Å². The highest BCUT2D eigenvalue weighted by atomic mass is 16.2. The van der Waals surface area contributed by atoms with E-state index in [1.807, 2.05) is 35.2 Å². The van der Waals surface area contributed by atoms with Gasteiger partial charge in [-0.1, -0.05) is 37.3 Å². The van der Waals surface area contributed by atoms with E-state index in [1.165, 1.54) is 4.90 Å². The van der Waals surface area contributed by atoms with Crippen molar-refractivity contribution >= 4 is 23.4 Å². The first-order valence-corrected chi connectivity index (χ1v) is 11.0. The quantitative estimate of drug-likeness (QED) is 0.699. The zero-order valence-corrected chi connectivity index (χ0v) is 19.0. The van der Waals surface area contributed by atoms with E-state index >= 15 is 0 Å². The van der Waals surface area contributed by atoms with Crippen LogP contribution in [-0.4, -0.2) is 61.3 Å². The Morgan fingerprint density at radius 2 is 1.62 bits per heavy atom. The Bertz CT molecular complexity index is 920. The lowest BCUT2D eigenvalue weighted by Crippen LogP contribution is -2.46. The van der Waals surface area contributed by atoms with Crippen LogP contribution in [0.3, 0.4) is 0 Å². The van der Waals surface area contributed by atoms with E-state index in [1.54, 1.807) is 38.4 Å². The second kappa shape index (κ2) is 10.9. The van der Waals surface area contributed by atoms with Crippen molar-refractivity contribution in [3.8, 4) is 0 Å². The molecule has 0 bridgehead atoms. The Morgan fingerprint density at radius 1 is 1.00 bits per heavy atom. The van der Waals surface area contributed by atoms with Gasteiger partial charge in [0.25, 0.3) is 5.91 Å². The van der Waals surface area contributed by atoms with Crippen LogP contribution in [0.25, 0.3) is 0 Å². The SMILES string of the molecule is CC1CCN(C(=O)C(NCC(=O)Nc2ccc(C(=O)N(C)C)cc2)c2ccccc2)CC1. The third-order valence-corrected chi connectivity index (χ3v) is 5.76. The number of amides is 3. The van der Waals surface area contributed by atoms with Gasteiger partial charge in [-0.15, -0.1) is 0 Å². The van der Waals surface area contributed by atoms with Gasteiger partial charge in [0.1, 0.15) is 6.04 Å². The first kappa shape index (κ1) is 23.5. The van der Waals surface area contributed by atoms with Crippen LogP contribution >= 0.6 is 0 Å². The van der Waals surface area contributed by atoms with Gasteiger partial charge in [0.2, 0.25) is 11.8 Å². The molecule has 1 unspecified atom stereocenters. The van der Waals surface area contributed by atoms with Gasteiger partial charge in [0, 0.05) is 38.4 Å². The minimum absolute atomic E-state index is 0.00227. The number of likely N-dealkylation sites (tertiary alicyclic amines) is 1. The summed E-state index contributed by atoms with van der Waals surface area (Å²) in [6.07, 6.45) is 2.00. The van der Waals surface area contributed by atoms with Gasteiger partial charge in [-0.25, -0.2) is 0 Å². The summed E-state index contributed by atoms with van der Waals surface area (Å²) in [6.45, 7) is 3.69. The molecule has 1 saturated heterocycles. The molecule has 0 aliphatic carbocycles. The summed E-state index contributed by atoms with van der Waals surface area (Å²) < 4.78 is 0. The molecule has 1 fully saturated rings. The van der Waals surface area contributed by atoms with E-state index in [4.69, 9.17) is 0 Å². The van der Waals surface area contributed by atoms with E-state index < -0.39 is 6.04 Å². The second-order valence-corrected chi connectivity index (χ2v) is 8.56. The minimum atomic E-state index is -0.574. The zero-order chi connectivity index (χ0) is 23.1. The number of nitrogens with one attached hydrogen (secondary N) is 2. The number of hydrogen-bond acceptors (Lipinski definition) is 4. The lowest BCUT2D eigenvalue weighted by molar-refractivity contribution is -0.135. The van der Waals surface area contributed by atoms with Crippen LogP contribution in [0.15, 0.2) is 54.6 Å². The topological polar surface area (TPSA) is 81.8 Å².